The molecule has 15 heteroatoms. The number of imide groups is 1. The predicted octanol–water partition coefficient (Wildman–Crippen LogP) is 2.44. The smallest absolute Gasteiger partial charge is 0.322 e. The van der Waals surface area contributed by atoms with E-state index in [9.17, 15) is 32.9 Å². The van der Waals surface area contributed by atoms with Crippen molar-refractivity contribution in [1.29, 1.82) is 0 Å². The largest absolute Gasteiger partial charge is 0.496 e. The fraction of sp³-hybridized carbons (Fsp3) is 0.423. The Morgan fingerprint density at radius 1 is 1.07 bits per heavy atom. The van der Waals surface area contributed by atoms with E-state index in [2.05, 4.69) is 20.3 Å². The highest BCUT2D eigenvalue weighted by molar-refractivity contribution is 7.92. The van der Waals surface area contributed by atoms with Gasteiger partial charge in [-0.25, -0.2) is 13.2 Å². The third-order valence-corrected chi connectivity index (χ3v) is 8.66. The summed E-state index contributed by atoms with van der Waals surface area (Å²) in [6, 6.07) is 6.71. The third kappa shape index (κ3) is 6.57. The van der Waals surface area contributed by atoms with Crippen molar-refractivity contribution in [2.75, 3.05) is 38.6 Å². The topological polar surface area (TPSA) is 186 Å². The highest BCUT2D eigenvalue weighted by Gasteiger charge is 2.47. The second-order valence-corrected chi connectivity index (χ2v) is 11.5. The van der Waals surface area contributed by atoms with Gasteiger partial charge in [-0.1, -0.05) is 0 Å². The summed E-state index contributed by atoms with van der Waals surface area (Å²) in [6.07, 6.45) is 2.51. The minimum absolute atomic E-state index is 0.0142. The number of unbranched alkanes of at least 4 members (excludes halogenated alkanes) is 1. The molecule has 2 saturated heterocycles. The first kappa shape index (κ1) is 29.7. The number of nitro benzene ring substituents is 1. The first-order valence-electron chi connectivity index (χ1n) is 12.9. The van der Waals surface area contributed by atoms with Crippen LogP contribution in [0.3, 0.4) is 0 Å². The minimum atomic E-state index is -4.16. The maximum Gasteiger partial charge on any atom is 0.322 e. The van der Waals surface area contributed by atoms with Gasteiger partial charge in [0.2, 0.25) is 0 Å². The lowest BCUT2D eigenvalue weighted by Crippen LogP contribution is -2.54. The van der Waals surface area contributed by atoms with E-state index in [4.69, 9.17) is 9.47 Å². The average molecular weight is 590 g/mol. The quantitative estimate of drug-likeness (QED) is 0.109. The van der Waals surface area contributed by atoms with Crippen LogP contribution in [0.25, 0.3) is 0 Å². The lowest BCUT2D eigenvalue weighted by molar-refractivity contribution is -0.384. The minimum Gasteiger partial charge on any atom is -0.496 e. The number of nitrogens with one attached hydrogen (secondary N) is 3. The van der Waals surface area contributed by atoms with Crippen LogP contribution in [-0.2, 0) is 14.8 Å². The molecule has 1 spiro atoms. The number of rotatable bonds is 12. The number of piperidine rings is 1. The van der Waals surface area contributed by atoms with Crippen LogP contribution in [0.2, 0.25) is 0 Å². The van der Waals surface area contributed by atoms with Gasteiger partial charge in [0.25, 0.3) is 21.6 Å². The number of urea groups is 1. The summed E-state index contributed by atoms with van der Waals surface area (Å²) >= 11 is 0. The van der Waals surface area contributed by atoms with Crippen LogP contribution in [0, 0.1) is 10.1 Å². The molecule has 2 aromatic rings. The Bertz CT molecular complexity index is 1450. The van der Waals surface area contributed by atoms with Crippen molar-refractivity contribution < 1.29 is 37.2 Å². The van der Waals surface area contributed by atoms with Gasteiger partial charge in [-0.3, -0.25) is 29.7 Å². The standard InChI is InChI=1S/C26H31N5O9S/c1-39-22-16-23(40-2)20(29-41(37,38)18-8-6-17(7-9-18)31(35)36)15-19(22)21(32)5-3-4-12-30-13-10-26(11-14-30)24(33)27-25(34)28-26/h6-9,15-16,29H,3-5,10-14H2,1-2H3,(H2,27,28,33,34). The number of ether oxygens (including phenoxy) is 2. The number of nitrogens with zero attached hydrogens (tertiary/aromatic N) is 2. The predicted molar refractivity (Wildman–Crippen MR) is 147 cm³/mol. The van der Waals surface area contributed by atoms with Crippen LogP contribution < -0.4 is 24.8 Å². The van der Waals surface area contributed by atoms with E-state index in [1.54, 1.807) is 0 Å². The Hall–Kier alpha value is -4.24. The molecule has 2 aliphatic rings. The molecule has 2 aromatic carbocycles. The number of hydrogen-bond donors (Lipinski definition) is 3. The number of hydrogen-bond acceptors (Lipinski definition) is 10. The number of carbonyl (C=O) groups excluding carboxylic acids is 3. The third-order valence-electron chi connectivity index (χ3n) is 7.28. The van der Waals surface area contributed by atoms with E-state index >= 15 is 0 Å². The van der Waals surface area contributed by atoms with Gasteiger partial charge < -0.3 is 19.7 Å². The zero-order chi connectivity index (χ0) is 29.8. The monoisotopic (exact) mass is 589 g/mol. The Labute approximate surface area is 236 Å². The SMILES string of the molecule is COc1cc(OC)c(C(=O)CCCCN2CCC3(CC2)NC(=O)NC3=O)cc1NS(=O)(=O)c1ccc([N+](=O)[O-])cc1. The number of likely N-dealkylation sites (tertiary alicyclic amines) is 1. The summed E-state index contributed by atoms with van der Waals surface area (Å²) < 4.78 is 39.0. The zero-order valence-electron chi connectivity index (χ0n) is 22.6. The summed E-state index contributed by atoms with van der Waals surface area (Å²) in [7, 11) is -1.42. The van der Waals surface area contributed by atoms with Gasteiger partial charge in [0.1, 0.15) is 17.0 Å². The van der Waals surface area contributed by atoms with Crippen molar-refractivity contribution in [2.24, 2.45) is 0 Å². The van der Waals surface area contributed by atoms with E-state index in [0.29, 0.717) is 32.4 Å². The molecule has 0 aromatic heterocycles. The number of ketones is 1. The first-order valence-corrected chi connectivity index (χ1v) is 14.4. The van der Waals surface area contributed by atoms with Crippen LogP contribution in [-0.4, -0.2) is 75.4 Å². The van der Waals surface area contributed by atoms with Crippen LogP contribution >= 0.6 is 0 Å². The Morgan fingerprint density at radius 2 is 1.73 bits per heavy atom. The maximum absolute atomic E-state index is 13.1. The molecule has 3 amide bonds. The molecule has 2 fully saturated rings. The van der Waals surface area contributed by atoms with Crippen LogP contribution in [0.4, 0.5) is 16.2 Å². The van der Waals surface area contributed by atoms with Crippen LogP contribution in [0.5, 0.6) is 11.5 Å². The van der Waals surface area contributed by atoms with E-state index < -0.39 is 26.5 Å². The molecule has 220 valence electrons. The second-order valence-electron chi connectivity index (χ2n) is 9.82. The fourth-order valence-electron chi connectivity index (χ4n) is 4.94. The van der Waals surface area contributed by atoms with E-state index in [1.807, 2.05) is 0 Å². The van der Waals surface area contributed by atoms with Gasteiger partial charge >= 0.3 is 6.03 Å². The number of nitro groups is 1. The molecule has 2 heterocycles. The summed E-state index contributed by atoms with van der Waals surface area (Å²) in [5.41, 5.74) is -0.887. The zero-order valence-corrected chi connectivity index (χ0v) is 23.4. The Morgan fingerprint density at radius 3 is 2.29 bits per heavy atom. The van der Waals surface area contributed by atoms with Crippen molar-refractivity contribution in [3.63, 3.8) is 0 Å². The van der Waals surface area contributed by atoms with Crippen molar-refractivity contribution in [2.45, 2.75) is 42.5 Å². The van der Waals surface area contributed by atoms with Crippen molar-refractivity contribution in [3.8, 4) is 11.5 Å². The highest BCUT2D eigenvalue weighted by atomic mass is 32.2. The summed E-state index contributed by atoms with van der Waals surface area (Å²) in [4.78, 5) is 49.0. The number of anilines is 1. The number of benzene rings is 2. The molecular weight excluding hydrogens is 558 g/mol. The summed E-state index contributed by atoms with van der Waals surface area (Å²) in [5.74, 6) is -0.180. The Balaban J connectivity index is 1.37. The van der Waals surface area contributed by atoms with Gasteiger partial charge in [-0.15, -0.1) is 0 Å². The number of carbonyl (C=O) groups is 3. The second kappa shape index (κ2) is 12.1. The lowest BCUT2D eigenvalue weighted by atomic mass is 9.87. The number of methoxy groups -OCH3 is 2. The van der Waals surface area contributed by atoms with Crippen molar-refractivity contribution >= 4 is 39.1 Å². The van der Waals surface area contributed by atoms with E-state index in [0.717, 1.165) is 37.2 Å². The normalized spacial score (nSPS) is 16.6. The van der Waals surface area contributed by atoms with Crippen LogP contribution in [0.15, 0.2) is 41.3 Å². The number of sulfonamides is 1. The first-order chi connectivity index (χ1) is 19.5. The van der Waals surface area contributed by atoms with Gasteiger partial charge in [-0.2, -0.15) is 0 Å². The molecule has 41 heavy (non-hydrogen) atoms. The summed E-state index contributed by atoms with van der Waals surface area (Å²) in [5, 5.41) is 15.9. The molecule has 0 unspecified atom stereocenters. The van der Waals surface area contributed by atoms with Gasteiger partial charge in [0.05, 0.1) is 35.3 Å². The maximum atomic E-state index is 13.1. The molecule has 14 nitrogen and oxygen atoms in total. The average Bonchev–Trinajstić information content (AvgIpc) is 3.23. The Kier molecular flexibility index (Phi) is 8.77. The highest BCUT2D eigenvalue weighted by Crippen LogP contribution is 2.35. The van der Waals surface area contributed by atoms with Gasteiger partial charge in [0.15, 0.2) is 5.78 Å². The molecular formula is C26H31N5O9S. The van der Waals surface area contributed by atoms with E-state index in [1.165, 1.54) is 26.4 Å². The van der Waals surface area contributed by atoms with Gasteiger partial charge in [0, 0.05) is 37.7 Å². The molecule has 0 radical (unpaired) electrons. The fourth-order valence-corrected chi connectivity index (χ4v) is 6.00. The van der Waals surface area contributed by atoms with Crippen LogP contribution in [0.1, 0.15) is 42.5 Å². The molecule has 2 aliphatic heterocycles. The number of amides is 3. The molecule has 4 rings (SSSR count). The molecule has 0 saturated carbocycles. The molecule has 0 aliphatic carbocycles. The molecule has 0 atom stereocenters. The van der Waals surface area contributed by atoms with Gasteiger partial charge in [-0.05, 0) is 50.4 Å². The number of non-ortho nitro benzene ring substituents is 1. The van der Waals surface area contributed by atoms with E-state index in [-0.39, 0.29) is 51.4 Å². The van der Waals surface area contributed by atoms with Crippen molar-refractivity contribution in [1.82, 2.24) is 15.5 Å². The molecule has 3 N–H and O–H groups in total. The van der Waals surface area contributed by atoms with Crippen molar-refractivity contribution in [3.05, 3.63) is 52.1 Å². The number of Topliss-reactive ketones (excluding diaryl/α,β-unsaturated/α-hetero) is 1. The summed E-state index contributed by atoms with van der Waals surface area (Å²) in [6.45, 7) is 2.01. The molecule has 0 bridgehead atoms. The lowest BCUT2D eigenvalue weighted by Gasteiger charge is -2.36.